The minimum atomic E-state index is 0.205. The Labute approximate surface area is 153 Å². The number of aromatic amines is 1. The van der Waals surface area contributed by atoms with Gasteiger partial charge < -0.3 is 14.5 Å². The van der Waals surface area contributed by atoms with Crippen molar-refractivity contribution in [3.63, 3.8) is 0 Å². The van der Waals surface area contributed by atoms with E-state index in [2.05, 4.69) is 20.9 Å². The van der Waals surface area contributed by atoms with Crippen molar-refractivity contribution in [2.24, 2.45) is 0 Å². The molecule has 6 nitrogen and oxygen atoms in total. The van der Waals surface area contributed by atoms with E-state index in [-0.39, 0.29) is 6.61 Å². The Balaban J connectivity index is 1.41. The lowest BCUT2D eigenvalue weighted by Gasteiger charge is -2.40. The number of imidazole rings is 1. The predicted octanol–water partition coefficient (Wildman–Crippen LogP) is 2.53. The van der Waals surface area contributed by atoms with Crippen LogP contribution < -0.4 is 0 Å². The molecule has 0 saturated carbocycles. The van der Waals surface area contributed by atoms with Crippen LogP contribution in [0.5, 0.6) is 0 Å². The molecule has 0 unspecified atom stereocenters. The molecule has 1 fully saturated rings. The van der Waals surface area contributed by atoms with E-state index in [4.69, 9.17) is 9.40 Å². The van der Waals surface area contributed by atoms with Crippen LogP contribution in [0.3, 0.4) is 0 Å². The summed E-state index contributed by atoms with van der Waals surface area (Å²) in [5, 5.41) is 9.49. The molecule has 3 aromatic rings. The third-order valence-electron chi connectivity index (χ3n) is 5.12. The molecule has 1 aliphatic heterocycles. The van der Waals surface area contributed by atoms with Crippen molar-refractivity contribution in [2.45, 2.75) is 32.5 Å². The zero-order valence-corrected chi connectivity index (χ0v) is 15.2. The molecule has 0 spiro atoms. The summed E-state index contributed by atoms with van der Waals surface area (Å²) in [6.45, 7) is 6.67. The molecule has 1 aliphatic rings. The van der Waals surface area contributed by atoms with Crippen LogP contribution in [0.4, 0.5) is 0 Å². The first-order valence-corrected chi connectivity index (χ1v) is 9.27. The largest absolute Gasteiger partial charge is 0.465 e. The first-order chi connectivity index (χ1) is 12.7. The van der Waals surface area contributed by atoms with Gasteiger partial charge in [0.2, 0.25) is 0 Å². The molecular formula is C20H26N4O2. The van der Waals surface area contributed by atoms with E-state index in [9.17, 15) is 5.11 Å². The minimum absolute atomic E-state index is 0.205. The number of aliphatic hydroxyl groups excluding tert-OH is 1. The summed E-state index contributed by atoms with van der Waals surface area (Å²) in [5.41, 5.74) is 2.10. The van der Waals surface area contributed by atoms with Crippen molar-refractivity contribution in [1.82, 2.24) is 19.8 Å². The Kier molecular flexibility index (Phi) is 5.06. The van der Waals surface area contributed by atoms with E-state index in [1.807, 2.05) is 37.3 Å². The number of hydrogen-bond acceptors (Lipinski definition) is 5. The van der Waals surface area contributed by atoms with Gasteiger partial charge in [0.05, 0.1) is 24.1 Å². The topological polar surface area (TPSA) is 68.5 Å². The standard InChI is InChI=1S/C20H26N4O2/c1-15-6-7-17(26-15)13-24-10-9-23(12-16(24)8-11-25)14-20-21-18-4-2-3-5-19(18)22-20/h2-7,16,25H,8-14H2,1H3,(H,21,22)/t16-/m0/s1. The van der Waals surface area contributed by atoms with Gasteiger partial charge in [-0.3, -0.25) is 9.80 Å². The van der Waals surface area contributed by atoms with E-state index in [1.54, 1.807) is 0 Å². The molecule has 1 atom stereocenters. The lowest BCUT2D eigenvalue weighted by molar-refractivity contribution is 0.0444. The second-order valence-electron chi connectivity index (χ2n) is 7.08. The Hall–Kier alpha value is -2.15. The molecule has 6 heteroatoms. The summed E-state index contributed by atoms with van der Waals surface area (Å²) < 4.78 is 5.74. The van der Waals surface area contributed by atoms with E-state index < -0.39 is 0 Å². The van der Waals surface area contributed by atoms with Crippen molar-refractivity contribution in [2.75, 3.05) is 26.2 Å². The van der Waals surface area contributed by atoms with Crippen LogP contribution in [-0.4, -0.2) is 57.2 Å². The van der Waals surface area contributed by atoms with E-state index in [0.29, 0.717) is 6.04 Å². The van der Waals surface area contributed by atoms with Crippen LogP contribution in [0.1, 0.15) is 23.8 Å². The summed E-state index contributed by atoms with van der Waals surface area (Å²) in [4.78, 5) is 12.9. The average molecular weight is 354 g/mol. The van der Waals surface area contributed by atoms with Gasteiger partial charge in [0.1, 0.15) is 17.3 Å². The summed E-state index contributed by atoms with van der Waals surface area (Å²) in [7, 11) is 0. The van der Waals surface area contributed by atoms with Crippen LogP contribution in [0.2, 0.25) is 0 Å². The number of fused-ring (bicyclic) bond motifs is 1. The van der Waals surface area contributed by atoms with Crippen molar-refractivity contribution in [1.29, 1.82) is 0 Å². The molecule has 0 aliphatic carbocycles. The van der Waals surface area contributed by atoms with Crippen LogP contribution in [-0.2, 0) is 13.1 Å². The number of H-pyrrole nitrogens is 1. The lowest BCUT2D eigenvalue weighted by atomic mass is 10.1. The average Bonchev–Trinajstić information content (AvgIpc) is 3.22. The quantitative estimate of drug-likeness (QED) is 0.712. The van der Waals surface area contributed by atoms with E-state index >= 15 is 0 Å². The molecular weight excluding hydrogens is 328 g/mol. The second-order valence-corrected chi connectivity index (χ2v) is 7.08. The second kappa shape index (κ2) is 7.61. The van der Waals surface area contributed by atoms with Crippen molar-refractivity contribution >= 4 is 11.0 Å². The van der Waals surface area contributed by atoms with Crippen LogP contribution in [0.25, 0.3) is 11.0 Å². The van der Waals surface area contributed by atoms with Gasteiger partial charge in [0.15, 0.2) is 0 Å². The Morgan fingerprint density at radius 3 is 2.85 bits per heavy atom. The van der Waals surface area contributed by atoms with Gasteiger partial charge in [-0.2, -0.15) is 0 Å². The zero-order chi connectivity index (χ0) is 17.9. The molecule has 138 valence electrons. The van der Waals surface area contributed by atoms with Gasteiger partial charge in [-0.05, 0) is 37.6 Å². The third-order valence-corrected chi connectivity index (χ3v) is 5.12. The zero-order valence-electron chi connectivity index (χ0n) is 15.2. The number of furan rings is 1. The number of aliphatic hydroxyl groups is 1. The fraction of sp³-hybridized carbons (Fsp3) is 0.450. The number of benzene rings is 1. The van der Waals surface area contributed by atoms with Crippen molar-refractivity contribution < 1.29 is 9.52 Å². The van der Waals surface area contributed by atoms with Gasteiger partial charge in [-0.15, -0.1) is 0 Å². The Morgan fingerprint density at radius 2 is 2.08 bits per heavy atom. The Bertz CT molecular complexity index is 823. The number of hydrogen-bond donors (Lipinski definition) is 2. The summed E-state index contributed by atoms with van der Waals surface area (Å²) >= 11 is 0. The SMILES string of the molecule is Cc1ccc(CN2CCN(Cc3nc4ccccc4[nH]3)C[C@@H]2CCO)o1. The molecule has 2 N–H and O–H groups in total. The van der Waals surface area contributed by atoms with Crippen LogP contribution in [0, 0.1) is 6.92 Å². The highest BCUT2D eigenvalue weighted by atomic mass is 16.3. The first kappa shape index (κ1) is 17.3. The highest BCUT2D eigenvalue weighted by Gasteiger charge is 2.27. The van der Waals surface area contributed by atoms with Gasteiger partial charge in [0, 0.05) is 32.3 Å². The van der Waals surface area contributed by atoms with Gasteiger partial charge in [0.25, 0.3) is 0 Å². The van der Waals surface area contributed by atoms with E-state index in [1.165, 1.54) is 0 Å². The first-order valence-electron chi connectivity index (χ1n) is 9.27. The molecule has 0 radical (unpaired) electrons. The van der Waals surface area contributed by atoms with Crippen LogP contribution in [0.15, 0.2) is 40.8 Å². The summed E-state index contributed by atoms with van der Waals surface area (Å²) in [6.07, 6.45) is 0.774. The maximum absolute atomic E-state index is 9.49. The molecule has 1 aromatic carbocycles. The van der Waals surface area contributed by atoms with Crippen LogP contribution >= 0.6 is 0 Å². The monoisotopic (exact) mass is 354 g/mol. The molecule has 3 heterocycles. The number of nitrogens with zero attached hydrogens (tertiary/aromatic N) is 3. The molecule has 4 rings (SSSR count). The minimum Gasteiger partial charge on any atom is -0.465 e. The van der Waals surface area contributed by atoms with Crippen molar-refractivity contribution in [3.05, 3.63) is 53.7 Å². The third kappa shape index (κ3) is 3.82. The fourth-order valence-electron chi connectivity index (χ4n) is 3.79. The normalized spacial score (nSPS) is 19.4. The number of nitrogens with one attached hydrogen (secondary N) is 1. The van der Waals surface area contributed by atoms with Gasteiger partial charge >= 0.3 is 0 Å². The summed E-state index contributed by atoms with van der Waals surface area (Å²) in [5.74, 6) is 2.95. The fourth-order valence-corrected chi connectivity index (χ4v) is 3.79. The van der Waals surface area contributed by atoms with E-state index in [0.717, 1.165) is 67.5 Å². The number of aromatic nitrogens is 2. The number of piperazine rings is 1. The van der Waals surface area contributed by atoms with Gasteiger partial charge in [-0.25, -0.2) is 4.98 Å². The number of aryl methyl sites for hydroxylation is 1. The number of rotatable bonds is 6. The molecule has 1 saturated heterocycles. The number of para-hydroxylation sites is 2. The molecule has 0 bridgehead atoms. The maximum atomic E-state index is 9.49. The maximum Gasteiger partial charge on any atom is 0.121 e. The predicted molar refractivity (Wildman–Crippen MR) is 101 cm³/mol. The molecule has 2 aromatic heterocycles. The smallest absolute Gasteiger partial charge is 0.121 e. The highest BCUT2D eigenvalue weighted by molar-refractivity contribution is 5.74. The highest BCUT2D eigenvalue weighted by Crippen LogP contribution is 2.20. The molecule has 0 amide bonds. The molecule has 26 heavy (non-hydrogen) atoms. The summed E-state index contributed by atoms with van der Waals surface area (Å²) in [6, 6.07) is 12.5. The van der Waals surface area contributed by atoms with Gasteiger partial charge in [-0.1, -0.05) is 12.1 Å². The van der Waals surface area contributed by atoms with Crippen molar-refractivity contribution in [3.8, 4) is 0 Å². The lowest BCUT2D eigenvalue weighted by Crippen LogP contribution is -2.52. The Morgan fingerprint density at radius 1 is 1.19 bits per heavy atom.